The number of hydrogen-bond donors (Lipinski definition) is 0. The highest BCUT2D eigenvalue weighted by Gasteiger charge is 2.45. The van der Waals surface area contributed by atoms with Gasteiger partial charge in [-0.15, -0.1) is 0 Å². The van der Waals surface area contributed by atoms with E-state index >= 15 is 0 Å². The third kappa shape index (κ3) is 4.56. The number of benzene rings is 8. The first kappa shape index (κ1) is 32.8. The lowest BCUT2D eigenvalue weighted by Gasteiger charge is -2.45. The minimum absolute atomic E-state index is 0.263. The number of fused-ring (bicyclic) bond motifs is 10. The molecule has 0 N–H and O–H groups in total. The zero-order valence-corrected chi connectivity index (χ0v) is 32.2. The summed E-state index contributed by atoms with van der Waals surface area (Å²) in [5, 5.41) is 5.32. The first-order chi connectivity index (χ1) is 27.3. The number of nitrogens with zero attached hydrogens (tertiary/aromatic N) is 2. The van der Waals surface area contributed by atoms with E-state index in [9.17, 15) is 0 Å². The lowest BCUT2D eigenvalue weighted by molar-refractivity contribution is 0.529. The van der Waals surface area contributed by atoms with Crippen LogP contribution in [-0.4, -0.2) is 9.13 Å². The summed E-state index contributed by atoms with van der Waals surface area (Å²) in [6.45, 7) is 9.81. The third-order valence-electron chi connectivity index (χ3n) is 12.7. The van der Waals surface area contributed by atoms with Gasteiger partial charge in [0.25, 0.3) is 0 Å². The number of para-hydroxylation sites is 2. The first-order valence-corrected chi connectivity index (χ1v) is 19.8. The van der Waals surface area contributed by atoms with Gasteiger partial charge in [0.05, 0.1) is 22.1 Å². The molecule has 2 heteroatoms. The van der Waals surface area contributed by atoms with Crippen molar-refractivity contribution >= 4 is 43.6 Å². The molecule has 0 amide bonds. The lowest BCUT2D eigenvalue weighted by Crippen LogP contribution is -2.37. The molecule has 11 rings (SSSR count). The van der Waals surface area contributed by atoms with Crippen LogP contribution in [-0.2, 0) is 10.8 Å². The molecule has 0 unspecified atom stereocenters. The highest BCUT2D eigenvalue weighted by molar-refractivity contribution is 6.15. The maximum Gasteiger partial charge on any atom is 0.0544 e. The second kappa shape index (κ2) is 11.9. The molecule has 0 saturated heterocycles. The predicted octanol–water partition coefficient (Wildman–Crippen LogP) is 14.2. The van der Waals surface area contributed by atoms with Crippen LogP contribution in [0.5, 0.6) is 0 Å². The van der Waals surface area contributed by atoms with E-state index in [1.165, 1.54) is 99.5 Å². The topological polar surface area (TPSA) is 9.86 Å². The Labute approximate surface area is 327 Å². The maximum atomic E-state index is 2.47. The van der Waals surface area contributed by atoms with Gasteiger partial charge in [0.2, 0.25) is 0 Å². The van der Waals surface area contributed by atoms with Crippen molar-refractivity contribution in [2.45, 2.75) is 38.5 Å². The van der Waals surface area contributed by atoms with Crippen LogP contribution in [0.3, 0.4) is 0 Å². The zero-order valence-electron chi connectivity index (χ0n) is 32.2. The summed E-state index contributed by atoms with van der Waals surface area (Å²) in [5.74, 6) is 0. The molecular formula is C54H42N2. The molecule has 0 aliphatic heterocycles. The van der Waals surface area contributed by atoms with Crippen LogP contribution in [0.15, 0.2) is 182 Å². The maximum absolute atomic E-state index is 2.47. The molecule has 1 aliphatic carbocycles. The van der Waals surface area contributed by atoms with Crippen LogP contribution >= 0.6 is 0 Å². The monoisotopic (exact) mass is 718 g/mol. The molecule has 56 heavy (non-hydrogen) atoms. The van der Waals surface area contributed by atoms with Crippen LogP contribution in [0.1, 0.15) is 49.9 Å². The Hall–Kier alpha value is -6.64. The Balaban J connectivity index is 1.13. The molecule has 0 spiro atoms. The number of hydrogen-bond acceptors (Lipinski definition) is 0. The Bertz CT molecular complexity index is 2920. The molecule has 8 aromatic carbocycles. The summed E-state index contributed by atoms with van der Waals surface area (Å²) < 4.78 is 4.94. The second-order valence-electron chi connectivity index (χ2n) is 16.5. The number of rotatable bonds is 4. The molecule has 1 aliphatic rings. The quantitative estimate of drug-likeness (QED) is 0.171. The lowest BCUT2D eigenvalue weighted by atomic mass is 9.58. The fourth-order valence-electron chi connectivity index (χ4n) is 10.2. The normalized spacial score (nSPS) is 14.4. The summed E-state index contributed by atoms with van der Waals surface area (Å²) in [6.07, 6.45) is 0. The van der Waals surface area contributed by atoms with Gasteiger partial charge in [0.1, 0.15) is 0 Å². The van der Waals surface area contributed by atoms with Gasteiger partial charge in [-0.25, -0.2) is 0 Å². The minimum atomic E-state index is -0.263. The van der Waals surface area contributed by atoms with Crippen molar-refractivity contribution in [1.29, 1.82) is 0 Å². The SMILES string of the molecule is CC1(C)c2ccc3c(c2C(C)(C)c2ccc4c(c21)c1ccccc1n4-c1ccc(-c2ccccc2)cc1)c1ccccc1n3-c1ccc(-c2ccccc2)cc1. The molecule has 268 valence electrons. The molecule has 0 radical (unpaired) electrons. The Kier molecular flexibility index (Phi) is 6.98. The summed E-state index contributed by atoms with van der Waals surface area (Å²) in [5.41, 5.74) is 17.4. The van der Waals surface area contributed by atoms with Gasteiger partial charge in [0, 0.05) is 43.7 Å². The van der Waals surface area contributed by atoms with Gasteiger partial charge >= 0.3 is 0 Å². The molecule has 0 atom stereocenters. The van der Waals surface area contributed by atoms with Crippen LogP contribution < -0.4 is 0 Å². The largest absolute Gasteiger partial charge is 0.309 e. The molecule has 0 saturated carbocycles. The van der Waals surface area contributed by atoms with E-state index in [1.54, 1.807) is 0 Å². The minimum Gasteiger partial charge on any atom is -0.309 e. The van der Waals surface area contributed by atoms with E-state index in [0.29, 0.717) is 0 Å². The second-order valence-corrected chi connectivity index (χ2v) is 16.5. The Morgan fingerprint density at radius 1 is 0.304 bits per heavy atom. The van der Waals surface area contributed by atoms with Crippen molar-refractivity contribution < 1.29 is 0 Å². The summed E-state index contributed by atoms with van der Waals surface area (Å²) in [6, 6.07) is 67.0. The first-order valence-electron chi connectivity index (χ1n) is 19.8. The average Bonchev–Trinajstić information content (AvgIpc) is 3.76. The van der Waals surface area contributed by atoms with E-state index in [4.69, 9.17) is 0 Å². The van der Waals surface area contributed by atoms with Crippen molar-refractivity contribution in [1.82, 2.24) is 9.13 Å². The van der Waals surface area contributed by atoms with Crippen molar-refractivity contribution in [3.05, 3.63) is 204 Å². The summed E-state index contributed by atoms with van der Waals surface area (Å²) in [4.78, 5) is 0. The summed E-state index contributed by atoms with van der Waals surface area (Å²) >= 11 is 0. The van der Waals surface area contributed by atoms with Crippen molar-refractivity contribution in [3.63, 3.8) is 0 Å². The van der Waals surface area contributed by atoms with Crippen molar-refractivity contribution in [2.24, 2.45) is 0 Å². The van der Waals surface area contributed by atoms with Crippen molar-refractivity contribution in [3.8, 4) is 33.6 Å². The Morgan fingerprint density at radius 2 is 0.643 bits per heavy atom. The van der Waals surface area contributed by atoms with Gasteiger partial charge in [-0.05, 0) is 93.0 Å². The molecular weight excluding hydrogens is 677 g/mol. The van der Waals surface area contributed by atoms with Gasteiger partial charge in [-0.2, -0.15) is 0 Å². The van der Waals surface area contributed by atoms with E-state index in [1.807, 2.05) is 0 Å². The average molecular weight is 719 g/mol. The smallest absolute Gasteiger partial charge is 0.0544 e. The van der Waals surface area contributed by atoms with Crippen LogP contribution in [0.25, 0.3) is 77.2 Å². The van der Waals surface area contributed by atoms with Crippen LogP contribution in [0.4, 0.5) is 0 Å². The van der Waals surface area contributed by atoms with Gasteiger partial charge in [-0.1, -0.05) is 161 Å². The van der Waals surface area contributed by atoms with Gasteiger partial charge < -0.3 is 9.13 Å². The van der Waals surface area contributed by atoms with E-state index in [0.717, 1.165) is 0 Å². The van der Waals surface area contributed by atoms with E-state index in [2.05, 4.69) is 219 Å². The van der Waals surface area contributed by atoms with E-state index in [-0.39, 0.29) is 10.8 Å². The fraction of sp³-hybridized carbons (Fsp3) is 0.111. The molecule has 2 aromatic heterocycles. The molecule has 0 bridgehead atoms. The fourth-order valence-corrected chi connectivity index (χ4v) is 10.2. The summed E-state index contributed by atoms with van der Waals surface area (Å²) in [7, 11) is 0. The van der Waals surface area contributed by atoms with E-state index < -0.39 is 0 Å². The molecule has 10 aromatic rings. The molecule has 2 heterocycles. The number of aromatic nitrogens is 2. The van der Waals surface area contributed by atoms with Crippen LogP contribution in [0.2, 0.25) is 0 Å². The van der Waals surface area contributed by atoms with Crippen LogP contribution in [0, 0.1) is 0 Å². The highest BCUT2D eigenvalue weighted by atomic mass is 15.0. The van der Waals surface area contributed by atoms with Crippen molar-refractivity contribution in [2.75, 3.05) is 0 Å². The third-order valence-corrected chi connectivity index (χ3v) is 12.7. The zero-order chi connectivity index (χ0) is 37.8. The Morgan fingerprint density at radius 3 is 1.04 bits per heavy atom. The standard InChI is InChI=1S/C54H42N2/c1-53(2)43-31-33-48-50(42-20-12-14-22-46(42)56(48)40-29-25-38(26-30-40)36-17-9-6-10-18-36)52(43)54(3,4)44-32-34-47-49(51(44)53)41-19-11-13-21-45(41)55(47)39-27-23-37(24-28-39)35-15-7-5-8-16-35/h5-34H,1-4H3. The molecule has 0 fully saturated rings. The van der Waals surface area contributed by atoms with Gasteiger partial charge in [0.15, 0.2) is 0 Å². The molecule has 2 nitrogen and oxygen atoms in total. The van der Waals surface area contributed by atoms with Gasteiger partial charge in [-0.3, -0.25) is 0 Å². The highest BCUT2D eigenvalue weighted by Crippen LogP contribution is 2.56. The predicted molar refractivity (Wildman–Crippen MR) is 237 cm³/mol.